The third-order valence-corrected chi connectivity index (χ3v) is 2.43. The van der Waals surface area contributed by atoms with E-state index in [1.54, 1.807) is 12.1 Å². The average molecular weight is 232 g/mol. The summed E-state index contributed by atoms with van der Waals surface area (Å²) in [6.45, 7) is 0.385. The molecule has 84 valence electrons. The first kappa shape index (κ1) is 11.9. The molecule has 1 aromatic carbocycles. The van der Waals surface area contributed by atoms with Crippen LogP contribution in [-0.4, -0.2) is 15.0 Å². The molecule has 0 amide bonds. The summed E-state index contributed by atoms with van der Waals surface area (Å²) in [5.41, 5.74) is 6.41. The van der Waals surface area contributed by atoms with Crippen LogP contribution in [0.4, 0.5) is 10.1 Å². The van der Waals surface area contributed by atoms with E-state index in [0.29, 0.717) is 19.4 Å². The molecule has 0 bridgehead atoms. The first-order chi connectivity index (χ1) is 7.09. The zero-order valence-electron chi connectivity index (χ0n) is 8.07. The molecule has 0 fully saturated rings. The van der Waals surface area contributed by atoms with Gasteiger partial charge in [0.1, 0.15) is 5.82 Å². The van der Waals surface area contributed by atoms with Gasteiger partial charge in [0.25, 0.3) is 0 Å². The van der Waals surface area contributed by atoms with E-state index in [0.717, 1.165) is 5.56 Å². The number of thiol groups is 1. The molecule has 0 atom stereocenters. The summed E-state index contributed by atoms with van der Waals surface area (Å²) in [5, 5.41) is 0. The Labute approximate surface area is 89.4 Å². The number of anilines is 1. The molecule has 0 saturated carbocycles. The Morgan fingerprint density at radius 2 is 2.13 bits per heavy atom. The lowest BCUT2D eigenvalue weighted by molar-refractivity contribution is 0.599. The summed E-state index contributed by atoms with van der Waals surface area (Å²) in [7, 11) is -2.53. The molecule has 0 aliphatic heterocycles. The van der Waals surface area contributed by atoms with Gasteiger partial charge in [-0.3, -0.25) is 0 Å². The lowest BCUT2D eigenvalue weighted by atomic mass is 10.1. The SMILES string of the molecule is Nc1cc(CCCN[SH](=O)=O)ccc1F. The van der Waals surface area contributed by atoms with Gasteiger partial charge < -0.3 is 5.73 Å². The largest absolute Gasteiger partial charge is 0.396 e. The molecule has 0 aliphatic carbocycles. The molecule has 4 nitrogen and oxygen atoms in total. The second-order valence-electron chi connectivity index (χ2n) is 3.12. The van der Waals surface area contributed by atoms with Crippen LogP contribution in [0.5, 0.6) is 0 Å². The van der Waals surface area contributed by atoms with Crippen LogP contribution in [0, 0.1) is 5.82 Å². The fraction of sp³-hybridized carbons (Fsp3) is 0.333. The number of halogens is 1. The lowest BCUT2D eigenvalue weighted by Crippen LogP contribution is -2.13. The Bertz CT molecular complexity index is 399. The summed E-state index contributed by atoms with van der Waals surface area (Å²) in [6.07, 6.45) is 1.33. The molecule has 6 heteroatoms. The van der Waals surface area contributed by atoms with Crippen molar-refractivity contribution in [3.05, 3.63) is 29.6 Å². The van der Waals surface area contributed by atoms with Crippen molar-refractivity contribution in [2.75, 3.05) is 12.3 Å². The summed E-state index contributed by atoms with van der Waals surface area (Å²) in [5.74, 6) is -0.431. The Morgan fingerprint density at radius 1 is 1.40 bits per heavy atom. The maximum atomic E-state index is 12.8. The van der Waals surface area contributed by atoms with Gasteiger partial charge in [-0.2, -0.15) is 0 Å². The summed E-state index contributed by atoms with van der Waals surface area (Å²) < 4.78 is 35.4. The second-order valence-corrected chi connectivity index (χ2v) is 3.96. The van der Waals surface area contributed by atoms with Gasteiger partial charge >= 0.3 is 0 Å². The van der Waals surface area contributed by atoms with Crippen LogP contribution in [0.3, 0.4) is 0 Å². The Hall–Kier alpha value is -1.14. The monoisotopic (exact) mass is 232 g/mol. The molecule has 1 aromatic rings. The third kappa shape index (κ3) is 4.26. The summed E-state index contributed by atoms with van der Waals surface area (Å²) in [4.78, 5) is 0. The quantitative estimate of drug-likeness (QED) is 0.392. The standard InChI is InChI=1S/C9H13FN2O2S/c10-8-4-3-7(6-9(8)11)2-1-5-12-15(13)14/h3-4,6,15H,1-2,5,11H2,(H,12,13,14). The van der Waals surface area contributed by atoms with Gasteiger partial charge in [0, 0.05) is 6.54 Å². The van der Waals surface area contributed by atoms with Gasteiger partial charge in [0.15, 0.2) is 0 Å². The van der Waals surface area contributed by atoms with Gasteiger partial charge in [-0.15, -0.1) is 0 Å². The number of rotatable bonds is 5. The minimum Gasteiger partial charge on any atom is -0.396 e. The minimum absolute atomic E-state index is 0.121. The zero-order valence-corrected chi connectivity index (χ0v) is 8.97. The molecule has 1 rings (SSSR count). The van der Waals surface area contributed by atoms with E-state index < -0.39 is 16.7 Å². The number of nitrogens with one attached hydrogen (secondary N) is 1. The highest BCUT2D eigenvalue weighted by molar-refractivity contribution is 7.70. The van der Waals surface area contributed by atoms with Gasteiger partial charge in [0.05, 0.1) is 5.69 Å². The molecule has 3 N–H and O–H groups in total. The van der Waals surface area contributed by atoms with Crippen LogP contribution < -0.4 is 10.5 Å². The normalized spacial score (nSPS) is 10.8. The second kappa shape index (κ2) is 5.67. The van der Waals surface area contributed by atoms with Crippen LogP contribution in [-0.2, 0) is 17.3 Å². The Morgan fingerprint density at radius 3 is 2.73 bits per heavy atom. The Balaban J connectivity index is 2.41. The maximum Gasteiger partial charge on any atom is 0.201 e. The molecule has 15 heavy (non-hydrogen) atoms. The average Bonchev–Trinajstić information content (AvgIpc) is 2.18. The van der Waals surface area contributed by atoms with E-state index in [4.69, 9.17) is 5.73 Å². The highest BCUT2D eigenvalue weighted by atomic mass is 32.2. The number of nitrogens with two attached hydrogens (primary N) is 1. The van der Waals surface area contributed by atoms with E-state index in [1.807, 2.05) is 0 Å². The summed E-state index contributed by atoms with van der Waals surface area (Å²) in [6, 6.07) is 4.52. The van der Waals surface area contributed by atoms with Crippen molar-refractivity contribution in [2.24, 2.45) is 0 Å². The molecule has 0 saturated heterocycles. The van der Waals surface area contributed by atoms with Gasteiger partial charge in [-0.05, 0) is 30.5 Å². The van der Waals surface area contributed by atoms with Crippen molar-refractivity contribution in [3.63, 3.8) is 0 Å². The number of nitrogen functional groups attached to an aromatic ring is 1. The smallest absolute Gasteiger partial charge is 0.201 e. The van der Waals surface area contributed by atoms with Crippen molar-refractivity contribution in [2.45, 2.75) is 12.8 Å². The first-order valence-corrected chi connectivity index (χ1v) is 5.69. The zero-order chi connectivity index (χ0) is 11.3. The predicted molar refractivity (Wildman–Crippen MR) is 57.5 cm³/mol. The molecule has 0 spiro atoms. The molecular formula is C9H13FN2O2S. The Kier molecular flexibility index (Phi) is 4.51. The highest BCUT2D eigenvalue weighted by Gasteiger charge is 1.99. The molecule has 0 unspecified atom stereocenters. The van der Waals surface area contributed by atoms with Crippen molar-refractivity contribution >= 4 is 16.6 Å². The van der Waals surface area contributed by atoms with Crippen LogP contribution >= 0.6 is 0 Å². The van der Waals surface area contributed by atoms with E-state index >= 15 is 0 Å². The van der Waals surface area contributed by atoms with Gasteiger partial charge in [-0.25, -0.2) is 17.5 Å². The number of hydrogen-bond donors (Lipinski definition) is 3. The molecule has 0 heterocycles. The van der Waals surface area contributed by atoms with Crippen LogP contribution in [0.25, 0.3) is 0 Å². The third-order valence-electron chi connectivity index (χ3n) is 1.94. The highest BCUT2D eigenvalue weighted by Crippen LogP contribution is 2.13. The number of aryl methyl sites for hydroxylation is 1. The fourth-order valence-corrected chi connectivity index (χ4v) is 1.55. The predicted octanol–water partition coefficient (Wildman–Crippen LogP) is 0.457. The number of benzene rings is 1. The van der Waals surface area contributed by atoms with Crippen molar-refractivity contribution in [1.82, 2.24) is 4.72 Å². The van der Waals surface area contributed by atoms with E-state index in [9.17, 15) is 12.8 Å². The van der Waals surface area contributed by atoms with Crippen LogP contribution in [0.15, 0.2) is 18.2 Å². The van der Waals surface area contributed by atoms with Gasteiger partial charge in [0.2, 0.25) is 10.9 Å². The van der Waals surface area contributed by atoms with Crippen molar-refractivity contribution in [1.29, 1.82) is 0 Å². The van der Waals surface area contributed by atoms with Crippen molar-refractivity contribution < 1.29 is 12.8 Å². The van der Waals surface area contributed by atoms with Crippen molar-refractivity contribution in [3.8, 4) is 0 Å². The number of hydrogen-bond acceptors (Lipinski definition) is 3. The first-order valence-electron chi connectivity index (χ1n) is 4.51. The van der Waals surface area contributed by atoms with E-state index in [2.05, 4.69) is 4.72 Å². The molecular weight excluding hydrogens is 219 g/mol. The minimum atomic E-state index is -2.53. The fourth-order valence-electron chi connectivity index (χ4n) is 1.21. The van der Waals surface area contributed by atoms with Crippen LogP contribution in [0.1, 0.15) is 12.0 Å². The molecule has 0 radical (unpaired) electrons. The molecule has 0 aliphatic rings. The topological polar surface area (TPSA) is 72.2 Å². The summed E-state index contributed by atoms with van der Waals surface area (Å²) >= 11 is 0. The van der Waals surface area contributed by atoms with Crippen LogP contribution in [0.2, 0.25) is 0 Å². The van der Waals surface area contributed by atoms with Gasteiger partial charge in [-0.1, -0.05) is 6.07 Å². The maximum absolute atomic E-state index is 12.8. The molecule has 0 aromatic heterocycles. The lowest BCUT2D eigenvalue weighted by Gasteiger charge is -2.02. The van der Waals surface area contributed by atoms with E-state index in [1.165, 1.54) is 6.07 Å². The van der Waals surface area contributed by atoms with E-state index in [-0.39, 0.29) is 5.69 Å².